The standard InChI is InChI=1S/C12H12N2O2/c1-9(15)10-3-5-11(6-4-10)16-12-13-7-2-8-14-12/h2-9,15H,1H3/t9-/m0/s1. The van der Waals surface area contributed by atoms with Crippen LogP contribution in [-0.2, 0) is 0 Å². The van der Waals surface area contributed by atoms with E-state index in [0.717, 1.165) is 5.56 Å². The zero-order chi connectivity index (χ0) is 11.4. The topological polar surface area (TPSA) is 55.2 Å². The summed E-state index contributed by atoms with van der Waals surface area (Å²) in [5.41, 5.74) is 0.848. The molecule has 0 amide bonds. The molecule has 0 saturated carbocycles. The molecule has 82 valence electrons. The first-order valence-electron chi connectivity index (χ1n) is 4.98. The van der Waals surface area contributed by atoms with Crippen LogP contribution in [0.3, 0.4) is 0 Å². The van der Waals surface area contributed by atoms with Crippen LogP contribution in [0.2, 0.25) is 0 Å². The molecular weight excluding hydrogens is 204 g/mol. The van der Waals surface area contributed by atoms with Crippen LogP contribution in [0.1, 0.15) is 18.6 Å². The third kappa shape index (κ3) is 2.55. The molecule has 0 saturated heterocycles. The number of benzene rings is 1. The van der Waals surface area contributed by atoms with E-state index in [4.69, 9.17) is 4.74 Å². The van der Waals surface area contributed by atoms with Crippen LogP contribution in [-0.4, -0.2) is 15.1 Å². The average Bonchev–Trinajstić information content (AvgIpc) is 2.31. The van der Waals surface area contributed by atoms with Gasteiger partial charge in [-0.1, -0.05) is 12.1 Å². The predicted octanol–water partition coefficient (Wildman–Crippen LogP) is 2.32. The maximum Gasteiger partial charge on any atom is 0.321 e. The first-order valence-corrected chi connectivity index (χ1v) is 4.98. The molecule has 0 aliphatic carbocycles. The Hall–Kier alpha value is -1.94. The maximum atomic E-state index is 9.34. The fourth-order valence-corrected chi connectivity index (χ4v) is 1.26. The van der Waals surface area contributed by atoms with E-state index in [1.807, 2.05) is 12.1 Å². The molecule has 0 aliphatic rings. The van der Waals surface area contributed by atoms with Gasteiger partial charge in [-0.15, -0.1) is 0 Å². The summed E-state index contributed by atoms with van der Waals surface area (Å²) in [6, 6.07) is 9.21. The molecule has 2 rings (SSSR count). The van der Waals surface area contributed by atoms with Crippen molar-refractivity contribution in [2.24, 2.45) is 0 Å². The van der Waals surface area contributed by atoms with E-state index >= 15 is 0 Å². The van der Waals surface area contributed by atoms with Gasteiger partial charge in [-0.2, -0.15) is 0 Å². The van der Waals surface area contributed by atoms with E-state index in [1.165, 1.54) is 0 Å². The van der Waals surface area contributed by atoms with Crippen molar-refractivity contribution in [3.63, 3.8) is 0 Å². The quantitative estimate of drug-likeness (QED) is 0.855. The van der Waals surface area contributed by atoms with Gasteiger partial charge in [0.05, 0.1) is 6.10 Å². The van der Waals surface area contributed by atoms with E-state index in [2.05, 4.69) is 9.97 Å². The molecule has 1 atom stereocenters. The molecule has 1 heterocycles. The molecule has 1 aromatic heterocycles. The number of rotatable bonds is 3. The molecule has 0 radical (unpaired) electrons. The highest BCUT2D eigenvalue weighted by Gasteiger charge is 2.02. The Balaban J connectivity index is 2.11. The number of hydrogen-bond donors (Lipinski definition) is 1. The van der Waals surface area contributed by atoms with Gasteiger partial charge in [0.2, 0.25) is 0 Å². The summed E-state index contributed by atoms with van der Waals surface area (Å²) in [7, 11) is 0. The lowest BCUT2D eigenvalue weighted by molar-refractivity contribution is 0.199. The molecule has 0 fully saturated rings. The number of aromatic nitrogens is 2. The molecule has 16 heavy (non-hydrogen) atoms. The Kier molecular flexibility index (Phi) is 3.12. The minimum atomic E-state index is -0.470. The highest BCUT2D eigenvalue weighted by molar-refractivity contribution is 5.29. The van der Waals surface area contributed by atoms with Gasteiger partial charge in [0.25, 0.3) is 0 Å². The summed E-state index contributed by atoms with van der Waals surface area (Å²) in [5, 5.41) is 9.34. The van der Waals surface area contributed by atoms with Crippen LogP contribution in [0.5, 0.6) is 11.8 Å². The summed E-state index contributed by atoms with van der Waals surface area (Å²) in [6.07, 6.45) is 2.76. The molecule has 1 N–H and O–H groups in total. The number of ether oxygens (including phenoxy) is 1. The third-order valence-corrected chi connectivity index (χ3v) is 2.11. The SMILES string of the molecule is C[C@H](O)c1ccc(Oc2ncccn2)cc1. The molecular formula is C12H12N2O2. The van der Waals surface area contributed by atoms with Gasteiger partial charge in [0.1, 0.15) is 5.75 Å². The van der Waals surface area contributed by atoms with E-state index in [0.29, 0.717) is 11.8 Å². The van der Waals surface area contributed by atoms with Crippen molar-refractivity contribution in [3.05, 3.63) is 48.3 Å². The summed E-state index contributed by atoms with van der Waals surface area (Å²) in [4.78, 5) is 7.90. The fraction of sp³-hybridized carbons (Fsp3) is 0.167. The van der Waals surface area contributed by atoms with Gasteiger partial charge in [0.15, 0.2) is 0 Å². The van der Waals surface area contributed by atoms with Crippen LogP contribution in [0.25, 0.3) is 0 Å². The fourth-order valence-electron chi connectivity index (χ4n) is 1.26. The van der Waals surface area contributed by atoms with Gasteiger partial charge in [-0.3, -0.25) is 0 Å². The second-order valence-corrected chi connectivity index (χ2v) is 3.38. The molecule has 4 heteroatoms. The van der Waals surface area contributed by atoms with E-state index in [1.54, 1.807) is 37.5 Å². The number of nitrogens with zero attached hydrogens (tertiary/aromatic N) is 2. The highest BCUT2D eigenvalue weighted by atomic mass is 16.5. The third-order valence-electron chi connectivity index (χ3n) is 2.11. The van der Waals surface area contributed by atoms with Crippen molar-refractivity contribution in [1.82, 2.24) is 9.97 Å². The highest BCUT2D eigenvalue weighted by Crippen LogP contribution is 2.20. The van der Waals surface area contributed by atoms with Crippen molar-refractivity contribution in [2.75, 3.05) is 0 Å². The average molecular weight is 216 g/mol. The summed E-state index contributed by atoms with van der Waals surface area (Å²) in [5.74, 6) is 0.649. The number of aliphatic hydroxyl groups excluding tert-OH is 1. The molecule has 0 aliphatic heterocycles. The normalized spacial score (nSPS) is 12.1. The molecule has 4 nitrogen and oxygen atoms in total. The minimum absolute atomic E-state index is 0.312. The lowest BCUT2D eigenvalue weighted by Gasteiger charge is -2.06. The zero-order valence-electron chi connectivity index (χ0n) is 8.87. The number of hydrogen-bond acceptors (Lipinski definition) is 4. The predicted molar refractivity (Wildman–Crippen MR) is 59.2 cm³/mol. The lowest BCUT2D eigenvalue weighted by Crippen LogP contribution is -1.92. The molecule has 0 unspecified atom stereocenters. The lowest BCUT2D eigenvalue weighted by atomic mass is 10.1. The molecule has 1 aromatic carbocycles. The number of aliphatic hydroxyl groups is 1. The smallest absolute Gasteiger partial charge is 0.321 e. The van der Waals surface area contributed by atoms with E-state index in [-0.39, 0.29) is 0 Å². The van der Waals surface area contributed by atoms with Gasteiger partial charge in [0, 0.05) is 12.4 Å². The summed E-state index contributed by atoms with van der Waals surface area (Å²) in [6.45, 7) is 1.72. The molecule has 0 bridgehead atoms. The van der Waals surface area contributed by atoms with Crippen molar-refractivity contribution in [2.45, 2.75) is 13.0 Å². The monoisotopic (exact) mass is 216 g/mol. The Labute approximate surface area is 93.6 Å². The second-order valence-electron chi connectivity index (χ2n) is 3.38. The summed E-state index contributed by atoms with van der Waals surface area (Å²) < 4.78 is 5.41. The van der Waals surface area contributed by atoms with Crippen molar-refractivity contribution >= 4 is 0 Å². The summed E-state index contributed by atoms with van der Waals surface area (Å²) >= 11 is 0. The van der Waals surface area contributed by atoms with Crippen molar-refractivity contribution in [1.29, 1.82) is 0 Å². The van der Waals surface area contributed by atoms with Crippen LogP contribution in [0.4, 0.5) is 0 Å². The minimum Gasteiger partial charge on any atom is -0.424 e. The first-order chi connectivity index (χ1) is 7.75. The van der Waals surface area contributed by atoms with E-state index < -0.39 is 6.10 Å². The van der Waals surface area contributed by atoms with Gasteiger partial charge < -0.3 is 9.84 Å². The van der Waals surface area contributed by atoms with Crippen molar-refractivity contribution in [3.8, 4) is 11.8 Å². The zero-order valence-corrected chi connectivity index (χ0v) is 8.87. The van der Waals surface area contributed by atoms with Gasteiger partial charge >= 0.3 is 6.01 Å². The van der Waals surface area contributed by atoms with Crippen molar-refractivity contribution < 1.29 is 9.84 Å². The van der Waals surface area contributed by atoms with Crippen LogP contribution >= 0.6 is 0 Å². The molecule has 2 aromatic rings. The van der Waals surface area contributed by atoms with Crippen LogP contribution < -0.4 is 4.74 Å². The Morgan fingerprint density at radius 2 is 1.75 bits per heavy atom. The Morgan fingerprint density at radius 1 is 1.12 bits per heavy atom. The Bertz CT molecular complexity index is 440. The van der Waals surface area contributed by atoms with Crippen LogP contribution in [0.15, 0.2) is 42.7 Å². The Morgan fingerprint density at radius 3 is 2.31 bits per heavy atom. The van der Waals surface area contributed by atoms with E-state index in [9.17, 15) is 5.11 Å². The van der Waals surface area contributed by atoms with Gasteiger partial charge in [-0.25, -0.2) is 9.97 Å². The first kappa shape index (κ1) is 10.6. The van der Waals surface area contributed by atoms with Gasteiger partial charge in [-0.05, 0) is 30.7 Å². The largest absolute Gasteiger partial charge is 0.424 e. The maximum absolute atomic E-state index is 9.34. The molecule has 0 spiro atoms. The van der Waals surface area contributed by atoms with Crippen LogP contribution in [0, 0.1) is 0 Å². The second kappa shape index (κ2) is 4.72.